The molecule has 8 heteroatoms. The summed E-state index contributed by atoms with van der Waals surface area (Å²) in [5.41, 5.74) is 1.08. The topological polar surface area (TPSA) is 78.3 Å². The van der Waals surface area contributed by atoms with Crippen LogP contribution in [0.2, 0.25) is 0 Å². The quantitative estimate of drug-likeness (QED) is 0.663. The van der Waals surface area contributed by atoms with Gasteiger partial charge in [0.1, 0.15) is 12.4 Å². The molecule has 146 valence electrons. The van der Waals surface area contributed by atoms with E-state index in [-0.39, 0.29) is 12.0 Å². The Balaban J connectivity index is 1.50. The first-order chi connectivity index (χ1) is 13.2. The monoisotopic (exact) mass is 390 g/mol. The molecule has 2 heterocycles. The summed E-state index contributed by atoms with van der Waals surface area (Å²) in [6, 6.07) is 7.88. The Hall–Kier alpha value is -2.06. The molecule has 1 aromatic carbocycles. The maximum Gasteiger partial charge on any atom is 0.230 e. The first kappa shape index (κ1) is 19.7. The molecule has 1 aliphatic heterocycles. The predicted molar refractivity (Wildman–Crippen MR) is 104 cm³/mol. The highest BCUT2D eigenvalue weighted by atomic mass is 32.2. The molecule has 27 heavy (non-hydrogen) atoms. The first-order valence-corrected chi connectivity index (χ1v) is 10.3. The first-order valence-electron chi connectivity index (χ1n) is 9.29. The smallest absolute Gasteiger partial charge is 0.230 e. The molecule has 0 aliphatic carbocycles. The van der Waals surface area contributed by atoms with E-state index in [0.29, 0.717) is 18.9 Å². The van der Waals surface area contributed by atoms with Crippen LogP contribution in [0, 0.1) is 6.92 Å². The van der Waals surface area contributed by atoms with Crippen LogP contribution in [0.15, 0.2) is 29.4 Å². The van der Waals surface area contributed by atoms with Gasteiger partial charge in [0.2, 0.25) is 5.91 Å². The maximum atomic E-state index is 12.1. The number of rotatable bonds is 9. The Labute approximate surface area is 163 Å². The van der Waals surface area contributed by atoms with Crippen molar-refractivity contribution < 1.29 is 14.3 Å². The summed E-state index contributed by atoms with van der Waals surface area (Å²) in [5.74, 6) is 1.89. The van der Waals surface area contributed by atoms with E-state index in [4.69, 9.17) is 9.47 Å². The number of nitrogens with one attached hydrogen (secondary N) is 1. The highest BCUT2D eigenvalue weighted by molar-refractivity contribution is 7.99. The molecule has 2 aromatic rings. The Kier molecular flexibility index (Phi) is 7.11. The molecule has 0 saturated carbocycles. The molecule has 1 fully saturated rings. The fourth-order valence-electron chi connectivity index (χ4n) is 2.93. The van der Waals surface area contributed by atoms with Crippen molar-refractivity contribution in [3.8, 4) is 5.75 Å². The molecule has 1 aromatic heterocycles. The number of thioether (sulfide) groups is 1. The predicted octanol–water partition coefficient (Wildman–Crippen LogP) is 2.57. The van der Waals surface area contributed by atoms with E-state index < -0.39 is 0 Å². The van der Waals surface area contributed by atoms with E-state index in [1.54, 1.807) is 0 Å². The van der Waals surface area contributed by atoms with Gasteiger partial charge in [0.25, 0.3) is 0 Å². The van der Waals surface area contributed by atoms with Crippen LogP contribution in [0.5, 0.6) is 5.75 Å². The molecule has 1 N–H and O–H groups in total. The molecule has 0 unspecified atom stereocenters. The lowest BCUT2D eigenvalue weighted by Crippen LogP contribution is -2.32. The molecule has 1 amide bonds. The van der Waals surface area contributed by atoms with E-state index in [9.17, 15) is 4.79 Å². The highest BCUT2D eigenvalue weighted by Crippen LogP contribution is 2.20. The number of aromatic nitrogens is 3. The summed E-state index contributed by atoms with van der Waals surface area (Å²) in [6.45, 7) is 6.48. The number of hydrogen-bond acceptors (Lipinski definition) is 6. The van der Waals surface area contributed by atoms with Crippen LogP contribution in [0.4, 0.5) is 0 Å². The van der Waals surface area contributed by atoms with Gasteiger partial charge in [0.15, 0.2) is 11.0 Å². The van der Waals surface area contributed by atoms with Gasteiger partial charge < -0.3 is 19.4 Å². The lowest BCUT2D eigenvalue weighted by molar-refractivity contribution is -0.119. The molecule has 3 rings (SSSR count). The van der Waals surface area contributed by atoms with Gasteiger partial charge in [-0.05, 0) is 38.3 Å². The van der Waals surface area contributed by atoms with Gasteiger partial charge in [0, 0.05) is 19.7 Å². The fourth-order valence-corrected chi connectivity index (χ4v) is 3.78. The van der Waals surface area contributed by atoms with Crippen LogP contribution >= 0.6 is 11.8 Å². The van der Waals surface area contributed by atoms with Crippen LogP contribution in [-0.2, 0) is 22.7 Å². The molecule has 0 spiro atoms. The Bertz CT molecular complexity index is 759. The molecule has 1 saturated heterocycles. The summed E-state index contributed by atoms with van der Waals surface area (Å²) in [6.07, 6.45) is 2.24. The van der Waals surface area contributed by atoms with E-state index in [0.717, 1.165) is 48.3 Å². The summed E-state index contributed by atoms with van der Waals surface area (Å²) in [4.78, 5) is 12.1. The van der Waals surface area contributed by atoms with E-state index in [1.807, 2.05) is 42.7 Å². The van der Waals surface area contributed by atoms with Crippen molar-refractivity contribution in [2.45, 2.75) is 51.1 Å². The largest absolute Gasteiger partial charge is 0.485 e. The number of amides is 1. The standard InChI is InChI=1S/C19H26N4O3S/c1-3-23-17(12-26-16-9-5-4-7-14(16)2)21-22-19(23)27-13-18(24)20-11-15-8-6-10-25-15/h4-5,7,9,15H,3,6,8,10-13H2,1-2H3,(H,20,24)/t15-/m0/s1. The SMILES string of the molecule is CCn1c(COc2ccccc2C)nnc1SCC(=O)NC[C@@H]1CCCO1. The van der Waals surface area contributed by atoms with Crippen molar-refractivity contribution in [3.05, 3.63) is 35.7 Å². The average molecular weight is 391 g/mol. The van der Waals surface area contributed by atoms with Gasteiger partial charge in [-0.1, -0.05) is 30.0 Å². The third kappa shape index (κ3) is 5.46. The number of para-hydroxylation sites is 1. The van der Waals surface area contributed by atoms with Crippen LogP contribution in [-0.4, -0.2) is 45.7 Å². The summed E-state index contributed by atoms with van der Waals surface area (Å²) in [5, 5.41) is 12.1. The fraction of sp³-hybridized carbons (Fsp3) is 0.526. The second-order valence-corrected chi connectivity index (χ2v) is 7.37. The van der Waals surface area contributed by atoms with Crippen molar-refractivity contribution in [2.75, 3.05) is 18.9 Å². The molecular formula is C19H26N4O3S. The van der Waals surface area contributed by atoms with Crippen LogP contribution in [0.1, 0.15) is 31.2 Å². The van der Waals surface area contributed by atoms with Crippen molar-refractivity contribution in [2.24, 2.45) is 0 Å². The van der Waals surface area contributed by atoms with E-state index in [2.05, 4.69) is 15.5 Å². The molecule has 0 radical (unpaired) electrons. The number of benzene rings is 1. The van der Waals surface area contributed by atoms with Gasteiger partial charge in [-0.2, -0.15) is 0 Å². The molecule has 1 aliphatic rings. The molecular weight excluding hydrogens is 364 g/mol. The second kappa shape index (κ2) is 9.75. The lowest BCUT2D eigenvalue weighted by atomic mass is 10.2. The zero-order valence-electron chi connectivity index (χ0n) is 15.8. The average Bonchev–Trinajstić information content (AvgIpc) is 3.33. The van der Waals surface area contributed by atoms with Crippen LogP contribution < -0.4 is 10.1 Å². The molecule has 7 nitrogen and oxygen atoms in total. The van der Waals surface area contributed by atoms with Crippen LogP contribution in [0.3, 0.4) is 0 Å². The number of ether oxygens (including phenoxy) is 2. The normalized spacial score (nSPS) is 16.4. The molecule has 0 bridgehead atoms. The number of hydrogen-bond donors (Lipinski definition) is 1. The van der Waals surface area contributed by atoms with E-state index in [1.165, 1.54) is 11.8 Å². The van der Waals surface area contributed by atoms with Crippen LogP contribution in [0.25, 0.3) is 0 Å². The lowest BCUT2D eigenvalue weighted by Gasteiger charge is -2.11. The van der Waals surface area contributed by atoms with Gasteiger partial charge in [-0.25, -0.2) is 0 Å². The van der Waals surface area contributed by atoms with Crippen molar-refractivity contribution in [1.29, 1.82) is 0 Å². The van der Waals surface area contributed by atoms with Gasteiger partial charge in [-0.15, -0.1) is 10.2 Å². The minimum atomic E-state index is -0.0149. The zero-order chi connectivity index (χ0) is 19.1. The number of nitrogens with zero attached hydrogens (tertiary/aromatic N) is 3. The third-order valence-electron chi connectivity index (χ3n) is 4.44. The van der Waals surface area contributed by atoms with Gasteiger partial charge >= 0.3 is 0 Å². The number of aryl methyl sites for hydroxylation is 1. The minimum Gasteiger partial charge on any atom is -0.485 e. The van der Waals surface area contributed by atoms with Gasteiger partial charge in [-0.3, -0.25) is 4.79 Å². The summed E-state index contributed by atoms with van der Waals surface area (Å²) < 4.78 is 13.4. The highest BCUT2D eigenvalue weighted by Gasteiger charge is 2.17. The van der Waals surface area contributed by atoms with Gasteiger partial charge in [0.05, 0.1) is 11.9 Å². The number of carbonyl (C=O) groups excluding carboxylic acids is 1. The van der Waals surface area contributed by atoms with Crippen molar-refractivity contribution in [3.63, 3.8) is 0 Å². The Morgan fingerprint density at radius 1 is 1.41 bits per heavy atom. The second-order valence-electron chi connectivity index (χ2n) is 6.43. The Morgan fingerprint density at radius 3 is 3.00 bits per heavy atom. The number of carbonyl (C=O) groups is 1. The maximum absolute atomic E-state index is 12.1. The Morgan fingerprint density at radius 2 is 2.26 bits per heavy atom. The minimum absolute atomic E-state index is 0.0149. The summed E-state index contributed by atoms with van der Waals surface area (Å²) in [7, 11) is 0. The molecule has 1 atom stereocenters. The van der Waals surface area contributed by atoms with Crippen molar-refractivity contribution in [1.82, 2.24) is 20.1 Å². The van der Waals surface area contributed by atoms with E-state index >= 15 is 0 Å². The zero-order valence-corrected chi connectivity index (χ0v) is 16.6. The van der Waals surface area contributed by atoms with Crippen molar-refractivity contribution >= 4 is 17.7 Å². The summed E-state index contributed by atoms with van der Waals surface area (Å²) >= 11 is 1.39. The third-order valence-corrected chi connectivity index (χ3v) is 5.41.